The average molecular weight is 272 g/mol. The summed E-state index contributed by atoms with van der Waals surface area (Å²) in [6.45, 7) is 0. The van der Waals surface area contributed by atoms with Crippen molar-refractivity contribution in [3.8, 4) is 0 Å². The molecule has 0 radical (unpaired) electrons. The Bertz CT molecular complexity index is 630. The second-order valence-corrected chi connectivity index (χ2v) is 5.42. The largest absolute Gasteiger partial charge is 0.377 e. The molecule has 0 spiro atoms. The lowest BCUT2D eigenvalue weighted by molar-refractivity contribution is -0.384. The molecule has 1 N–H and O–H groups in total. The van der Waals surface area contributed by atoms with Crippen LogP contribution in [0.25, 0.3) is 0 Å². The third-order valence-corrected chi connectivity index (χ3v) is 4.28. The van der Waals surface area contributed by atoms with Crippen LogP contribution in [0.2, 0.25) is 0 Å². The first kappa shape index (κ1) is 12.0. The number of nitrogens with zero attached hydrogens (tertiary/aromatic N) is 1. The van der Waals surface area contributed by atoms with Gasteiger partial charge in [0.25, 0.3) is 5.69 Å². The van der Waals surface area contributed by atoms with Gasteiger partial charge in [0.1, 0.15) is 0 Å². The molecule has 4 nitrogen and oxygen atoms in total. The molecule has 1 aliphatic rings. The first-order valence-corrected chi connectivity index (χ1v) is 6.95. The van der Waals surface area contributed by atoms with Crippen molar-refractivity contribution in [3.05, 3.63) is 64.2 Å². The summed E-state index contributed by atoms with van der Waals surface area (Å²) in [5.41, 5.74) is 2.17. The molecule has 3 rings (SSSR count). The molecule has 0 aliphatic carbocycles. The van der Waals surface area contributed by atoms with E-state index in [-0.39, 0.29) is 16.7 Å². The molecule has 2 aromatic rings. The zero-order chi connectivity index (χ0) is 13.2. The van der Waals surface area contributed by atoms with E-state index in [9.17, 15) is 10.1 Å². The normalized spacial score (nSPS) is 16.9. The van der Waals surface area contributed by atoms with Crippen LogP contribution in [-0.2, 0) is 0 Å². The molecule has 96 valence electrons. The highest BCUT2D eigenvalue weighted by Gasteiger charge is 2.22. The van der Waals surface area contributed by atoms with Crippen molar-refractivity contribution in [2.75, 3.05) is 11.1 Å². The minimum Gasteiger partial charge on any atom is -0.377 e. The van der Waals surface area contributed by atoms with Crippen LogP contribution in [0.3, 0.4) is 0 Å². The smallest absolute Gasteiger partial charge is 0.271 e. The van der Waals surface area contributed by atoms with Crippen molar-refractivity contribution in [1.29, 1.82) is 0 Å². The summed E-state index contributed by atoms with van der Waals surface area (Å²) in [7, 11) is 0. The Morgan fingerprint density at radius 3 is 2.89 bits per heavy atom. The minimum absolute atomic E-state index is 0.115. The summed E-state index contributed by atoms with van der Waals surface area (Å²) in [4.78, 5) is 11.7. The van der Waals surface area contributed by atoms with Crippen LogP contribution in [0.5, 0.6) is 0 Å². The molecule has 1 aliphatic heterocycles. The lowest BCUT2D eigenvalue weighted by Gasteiger charge is -2.14. The Labute approximate surface area is 115 Å². The van der Waals surface area contributed by atoms with Gasteiger partial charge in [-0.1, -0.05) is 24.3 Å². The van der Waals surface area contributed by atoms with Crippen molar-refractivity contribution in [1.82, 2.24) is 0 Å². The molecule has 19 heavy (non-hydrogen) atoms. The maximum atomic E-state index is 10.8. The maximum Gasteiger partial charge on any atom is 0.271 e. The Morgan fingerprint density at radius 2 is 2.05 bits per heavy atom. The van der Waals surface area contributed by atoms with Gasteiger partial charge in [-0.2, -0.15) is 0 Å². The van der Waals surface area contributed by atoms with E-state index in [4.69, 9.17) is 0 Å². The van der Waals surface area contributed by atoms with E-state index < -0.39 is 0 Å². The Morgan fingerprint density at radius 1 is 1.21 bits per heavy atom. The molecule has 0 bridgehead atoms. The van der Waals surface area contributed by atoms with Crippen LogP contribution in [0, 0.1) is 10.1 Å². The number of hydrogen-bond acceptors (Lipinski definition) is 4. The van der Waals surface area contributed by atoms with Gasteiger partial charge in [0.15, 0.2) is 0 Å². The number of thioether (sulfide) groups is 1. The zero-order valence-corrected chi connectivity index (χ0v) is 10.9. The highest BCUT2D eigenvalue weighted by molar-refractivity contribution is 7.99. The summed E-state index contributed by atoms with van der Waals surface area (Å²) < 4.78 is 0. The van der Waals surface area contributed by atoms with Crippen molar-refractivity contribution in [2.24, 2.45) is 0 Å². The summed E-state index contributed by atoms with van der Waals surface area (Å²) in [6, 6.07) is 15.1. The van der Waals surface area contributed by atoms with Gasteiger partial charge < -0.3 is 5.32 Å². The third kappa shape index (κ3) is 2.42. The highest BCUT2D eigenvalue weighted by Crippen LogP contribution is 2.39. The van der Waals surface area contributed by atoms with Crippen LogP contribution in [-0.4, -0.2) is 10.7 Å². The fraction of sp³-hybridized carbons (Fsp3) is 0.143. The fourth-order valence-corrected chi connectivity index (χ4v) is 3.35. The number of nitro groups is 1. The van der Waals surface area contributed by atoms with Gasteiger partial charge >= 0.3 is 0 Å². The molecule has 0 saturated heterocycles. The molecule has 2 aromatic carbocycles. The standard InChI is InChI=1S/C14H12N2O2S/c17-16(18)11-5-3-4-10(8-11)15-13-9-19-14-7-2-1-6-12(13)14/h1-8,13,15H,9H2. The number of anilines is 1. The monoisotopic (exact) mass is 272 g/mol. The fourth-order valence-electron chi connectivity index (χ4n) is 2.19. The molecule has 5 heteroatoms. The topological polar surface area (TPSA) is 55.2 Å². The first-order chi connectivity index (χ1) is 9.24. The van der Waals surface area contributed by atoms with E-state index in [1.807, 2.05) is 30.0 Å². The van der Waals surface area contributed by atoms with Crippen molar-refractivity contribution < 1.29 is 4.92 Å². The molecule has 1 unspecified atom stereocenters. The maximum absolute atomic E-state index is 10.8. The Balaban J connectivity index is 1.83. The molecule has 0 aromatic heterocycles. The summed E-state index contributed by atoms with van der Waals surface area (Å²) in [5.74, 6) is 0.946. The average Bonchev–Trinajstić information content (AvgIpc) is 2.83. The van der Waals surface area contributed by atoms with Gasteiger partial charge in [0.05, 0.1) is 11.0 Å². The number of nitro benzene ring substituents is 1. The van der Waals surface area contributed by atoms with Crippen molar-refractivity contribution in [3.63, 3.8) is 0 Å². The van der Waals surface area contributed by atoms with Gasteiger partial charge in [-0.05, 0) is 17.7 Å². The van der Waals surface area contributed by atoms with E-state index in [0.29, 0.717) is 0 Å². The third-order valence-electron chi connectivity index (χ3n) is 3.10. The Kier molecular flexibility index (Phi) is 3.13. The predicted molar refractivity (Wildman–Crippen MR) is 76.6 cm³/mol. The number of hydrogen-bond donors (Lipinski definition) is 1. The lowest BCUT2D eigenvalue weighted by Crippen LogP contribution is -2.09. The molecule has 0 saturated carbocycles. The van der Waals surface area contributed by atoms with Crippen LogP contribution in [0.1, 0.15) is 11.6 Å². The van der Waals surface area contributed by atoms with Gasteiger partial charge in [0, 0.05) is 28.5 Å². The molecular formula is C14H12N2O2S. The van der Waals surface area contributed by atoms with E-state index >= 15 is 0 Å². The van der Waals surface area contributed by atoms with Crippen molar-refractivity contribution in [2.45, 2.75) is 10.9 Å². The van der Waals surface area contributed by atoms with Gasteiger partial charge in [-0.15, -0.1) is 11.8 Å². The highest BCUT2D eigenvalue weighted by atomic mass is 32.2. The summed E-state index contributed by atoms with van der Waals surface area (Å²) in [5, 5.41) is 14.1. The SMILES string of the molecule is O=[N+]([O-])c1cccc(NC2CSc3ccccc32)c1. The van der Waals surface area contributed by atoms with Gasteiger partial charge in [-0.25, -0.2) is 0 Å². The van der Waals surface area contributed by atoms with Crippen LogP contribution < -0.4 is 5.32 Å². The number of rotatable bonds is 3. The molecule has 1 atom stereocenters. The molecular weight excluding hydrogens is 260 g/mol. The number of nitrogens with one attached hydrogen (secondary N) is 1. The van der Waals surface area contributed by atoms with E-state index in [0.717, 1.165) is 11.4 Å². The Hall–Kier alpha value is -2.01. The van der Waals surface area contributed by atoms with Crippen LogP contribution in [0.15, 0.2) is 53.4 Å². The first-order valence-electron chi connectivity index (χ1n) is 5.97. The summed E-state index contributed by atoms with van der Waals surface area (Å²) >= 11 is 1.81. The zero-order valence-electron chi connectivity index (χ0n) is 10.1. The number of non-ortho nitro benzene ring substituents is 1. The van der Waals surface area contributed by atoms with Crippen LogP contribution in [0.4, 0.5) is 11.4 Å². The second kappa shape index (κ2) is 4.93. The van der Waals surface area contributed by atoms with Crippen molar-refractivity contribution >= 4 is 23.1 Å². The van der Waals surface area contributed by atoms with Gasteiger partial charge in [0.2, 0.25) is 0 Å². The van der Waals surface area contributed by atoms with E-state index in [1.165, 1.54) is 16.5 Å². The molecule has 0 amide bonds. The minimum atomic E-state index is -0.372. The molecule has 1 heterocycles. The lowest BCUT2D eigenvalue weighted by atomic mass is 10.1. The van der Waals surface area contributed by atoms with Gasteiger partial charge in [-0.3, -0.25) is 10.1 Å². The molecule has 0 fully saturated rings. The van der Waals surface area contributed by atoms with E-state index in [2.05, 4.69) is 17.4 Å². The summed E-state index contributed by atoms with van der Waals surface area (Å²) in [6.07, 6.45) is 0. The number of benzene rings is 2. The van der Waals surface area contributed by atoms with E-state index in [1.54, 1.807) is 12.1 Å². The predicted octanol–water partition coefficient (Wildman–Crippen LogP) is 3.85. The quantitative estimate of drug-likeness (QED) is 0.681. The number of fused-ring (bicyclic) bond motifs is 1. The van der Waals surface area contributed by atoms with Crippen LogP contribution >= 0.6 is 11.8 Å². The second-order valence-electron chi connectivity index (χ2n) is 4.35.